The number of allylic oxidation sites excluding steroid dienone is 5. The topological polar surface area (TPSA) is 442 Å². The Morgan fingerprint density at radius 1 is 0.392 bits per heavy atom. The molecular weight excluding hydrogens is 2000 g/mol. The normalized spacial score (nSPS) is 17.5. The predicted molar refractivity (Wildman–Crippen MR) is 502 cm³/mol. The highest BCUT2D eigenvalue weighted by molar-refractivity contribution is 5.97. The number of amides is 7. The molecule has 9 aliphatic rings. The Balaban J connectivity index is 0.000000197. The predicted octanol–water partition coefficient (Wildman–Crippen LogP) is 15.1. The van der Waals surface area contributed by atoms with Crippen molar-refractivity contribution in [1.29, 1.82) is 0 Å². The summed E-state index contributed by atoms with van der Waals surface area (Å²) in [6.45, 7) is 16.2. The third-order valence-electron chi connectivity index (χ3n) is 21.3. The largest absolute Gasteiger partial charge is 0.444 e. The van der Waals surface area contributed by atoms with Crippen LogP contribution < -0.4 is 71.9 Å². The fourth-order valence-corrected chi connectivity index (χ4v) is 13.8. The maximum absolute atomic E-state index is 14.7. The van der Waals surface area contributed by atoms with Crippen LogP contribution in [0.5, 0.6) is 0 Å². The highest BCUT2D eigenvalue weighted by Crippen LogP contribution is 2.41. The van der Waals surface area contributed by atoms with Gasteiger partial charge in [-0.05, 0) is 77.5 Å². The van der Waals surface area contributed by atoms with Gasteiger partial charge in [-0.2, -0.15) is 0 Å². The van der Waals surface area contributed by atoms with E-state index in [2.05, 4.69) is 20.7 Å². The number of carbonyl (C=O) groups excluding carboxylic acids is 14. The second kappa shape index (κ2) is 52.4. The van der Waals surface area contributed by atoms with Crippen molar-refractivity contribution in [1.82, 2.24) is 16.0 Å². The minimum absolute atomic E-state index is 0.00613. The quantitative estimate of drug-likeness (QED) is 0.00741. The summed E-state index contributed by atoms with van der Waals surface area (Å²) >= 11 is 0. The van der Waals surface area contributed by atoms with E-state index < -0.39 is 216 Å². The van der Waals surface area contributed by atoms with Crippen LogP contribution in [0, 0.1) is 87.3 Å². The summed E-state index contributed by atoms with van der Waals surface area (Å²) in [7, 11) is 0. The number of halogens is 15. The third-order valence-corrected chi connectivity index (χ3v) is 21.3. The summed E-state index contributed by atoms with van der Waals surface area (Å²) in [6, 6.07) is 12.3. The van der Waals surface area contributed by atoms with E-state index in [-0.39, 0.29) is 177 Å². The van der Waals surface area contributed by atoms with E-state index in [0.29, 0.717) is 30.3 Å². The molecule has 0 bridgehead atoms. The van der Waals surface area contributed by atoms with E-state index >= 15 is 0 Å². The average Bonchev–Trinajstić information content (AvgIpc) is 1.50. The Hall–Kier alpha value is -15.7. The third kappa shape index (κ3) is 32.4. The summed E-state index contributed by atoms with van der Waals surface area (Å²) in [5.41, 5.74) is 3.96. The average molecular weight is 2100 g/mol. The maximum atomic E-state index is 14.7. The Morgan fingerprint density at radius 3 is 1.01 bits per heavy atom. The Morgan fingerprint density at radius 2 is 0.703 bits per heavy atom. The van der Waals surface area contributed by atoms with Crippen LogP contribution in [0.2, 0.25) is 0 Å². The van der Waals surface area contributed by atoms with Gasteiger partial charge in [-0.3, -0.25) is 58.4 Å². The maximum Gasteiger partial charge on any atom is 0.414 e. The van der Waals surface area contributed by atoms with Gasteiger partial charge < -0.3 is 89.8 Å². The second-order valence-electron chi connectivity index (χ2n) is 34.7. The molecule has 9 aliphatic heterocycles. The lowest BCUT2D eigenvalue weighted by molar-refractivity contribution is -0.159. The number of carbonyl (C=O) groups is 14. The summed E-state index contributed by atoms with van der Waals surface area (Å²) in [6.07, 6.45) is 5.70. The van der Waals surface area contributed by atoms with Gasteiger partial charge in [0.15, 0.2) is 116 Å². The summed E-state index contributed by atoms with van der Waals surface area (Å²) in [4.78, 5) is 166. The van der Waals surface area contributed by atoms with E-state index in [1.54, 1.807) is 71.9 Å². The van der Waals surface area contributed by atoms with E-state index in [9.17, 15) is 133 Å². The molecule has 9 heterocycles. The second-order valence-corrected chi connectivity index (χ2v) is 34.7. The molecule has 798 valence electrons. The van der Waals surface area contributed by atoms with E-state index in [1.807, 2.05) is 26.1 Å². The van der Waals surface area contributed by atoms with Gasteiger partial charge in [-0.15, -0.1) is 0 Å². The van der Waals surface area contributed by atoms with Gasteiger partial charge >= 0.3 is 48.5 Å². The van der Waals surface area contributed by atoms with Crippen LogP contribution in [0.1, 0.15) is 119 Å². The van der Waals surface area contributed by atoms with Gasteiger partial charge in [0.2, 0.25) is 5.91 Å². The summed E-state index contributed by atoms with van der Waals surface area (Å²) in [5.74, 6) is -21.5. The number of esters is 2. The van der Waals surface area contributed by atoms with Crippen LogP contribution in [0.3, 0.4) is 0 Å². The van der Waals surface area contributed by atoms with Crippen LogP contribution in [0.4, 0.5) is 151 Å². The van der Waals surface area contributed by atoms with Crippen molar-refractivity contribution < 1.29 is 171 Å². The Bertz CT molecular complexity index is 6150. The molecule has 7 amide bonds. The number of ether oxygens (including phenoxy) is 8. The fourth-order valence-electron chi connectivity index (χ4n) is 13.8. The van der Waals surface area contributed by atoms with Gasteiger partial charge in [0.05, 0.1) is 73.9 Å². The van der Waals surface area contributed by atoms with Crippen molar-refractivity contribution in [3.63, 3.8) is 0 Å². The van der Waals surface area contributed by atoms with Crippen molar-refractivity contribution in [2.24, 2.45) is 5.73 Å². The van der Waals surface area contributed by atoms with E-state index in [4.69, 9.17) is 44.6 Å². The number of nitrogen functional groups attached to an aromatic ring is 1. The highest BCUT2D eigenvalue weighted by Gasteiger charge is 2.42. The van der Waals surface area contributed by atoms with E-state index in [1.165, 1.54) is 37.1 Å². The number of alkyl carbamates (subject to hydrolysis) is 2. The molecule has 51 heteroatoms. The van der Waals surface area contributed by atoms with Crippen LogP contribution in [0.25, 0.3) is 0 Å². The molecule has 0 radical (unpaired) electrons. The number of anilines is 10. The molecule has 4 fully saturated rings. The standard InChI is InChI=1S/C20H22F3N3O5.C19H15F3N2O3.C18H18F3N3O4.C15H14F3N3O3.C11H9F3N2O.C8H15NO3.C6H10O3/c1-20(2,3)31-18(28)24-9-12-10-26(19(29)30-12)14-8-13(21)17(16(23)15(14)22)25-6-4-11(27)5-7-25;20-14-10-15(23-19(26)27-11-12-4-2-1-3-5-12)16(21)17(22)18(14)24-8-6-13(25)7-9-24;1-2-14(26)22-8-11-9-24(18(27)28-11)13-7-12(19)17(16(21)15(13)20)23-5-3-10(25)4-6-23;16-10-5-11(21-7-9(6-19)24-15(21)23)12(17)13(18)14(10)20-3-1-8(22)2-4-20;12-7-5-8(15)9(13)10(14)11(7)16-3-1-6(17)2-4-16;1-8(2,3)12-7(10)9-4-6-5-11-6;1-3-5(7)9-6(8)4-2/h4,6,8,12H,5,7,9-10H2,1-3H3,(H,24,28);1-6,8,10H,7,9,11H2,(H,23,26);3,5,7,11H,2,4,6,8-9H2,1H3,(H,22,26);1,3,5,9H,2,4,6-7,19H2;1,3,5H,2,4,15H2;6H,4-5H2,1-3H3,(H,9,10);3-4H2,1-2H3/t12-;;11-;9-;;6-;/m0.00.0./s1. The number of cyclic esters (lactones) is 3. The molecule has 6 aromatic rings. The van der Waals surface area contributed by atoms with Gasteiger partial charge in [0, 0.05) is 159 Å². The molecule has 15 rings (SSSR count). The molecule has 0 unspecified atom stereocenters. The Labute approximate surface area is 835 Å². The van der Waals surface area contributed by atoms with Crippen molar-refractivity contribution in [3.8, 4) is 0 Å². The molecular formula is C97H103F15N14O22. The van der Waals surface area contributed by atoms with Crippen LogP contribution in [-0.2, 0) is 82.9 Å². The van der Waals surface area contributed by atoms with Gasteiger partial charge in [0.25, 0.3) is 0 Å². The molecule has 0 aromatic heterocycles. The number of hydrogen-bond acceptors (Lipinski definition) is 29. The monoisotopic (exact) mass is 2100 g/mol. The molecule has 148 heavy (non-hydrogen) atoms. The number of benzene rings is 6. The number of nitrogens with two attached hydrogens (primary N) is 2. The smallest absolute Gasteiger partial charge is 0.414 e. The highest BCUT2D eigenvalue weighted by atomic mass is 19.2. The lowest BCUT2D eigenvalue weighted by Crippen LogP contribution is -2.38. The number of hydrogen-bond donors (Lipinski definition) is 6. The fraction of sp³-hybridized carbons (Fsp3) is 0.381. The van der Waals surface area contributed by atoms with Crippen molar-refractivity contribution in [3.05, 3.63) is 215 Å². The first kappa shape index (κ1) is 116. The zero-order valence-electron chi connectivity index (χ0n) is 80.8. The molecule has 4 saturated heterocycles. The number of nitrogens with one attached hydrogen (secondary N) is 4. The number of rotatable bonds is 21. The van der Waals surface area contributed by atoms with E-state index in [0.717, 1.165) is 82.2 Å². The molecule has 0 spiro atoms. The van der Waals surface area contributed by atoms with Gasteiger partial charge in [-0.25, -0.2) is 94.6 Å². The number of nitrogens with zero attached hydrogens (tertiary/aromatic N) is 8. The molecule has 6 aromatic carbocycles. The molecule has 4 atom stereocenters. The molecule has 0 aliphatic carbocycles. The summed E-state index contributed by atoms with van der Waals surface area (Å²) < 4.78 is 253. The van der Waals surface area contributed by atoms with Crippen molar-refractivity contribution in [2.45, 2.75) is 156 Å². The summed E-state index contributed by atoms with van der Waals surface area (Å²) in [5, 5.41) is 9.56. The zero-order chi connectivity index (χ0) is 109. The van der Waals surface area contributed by atoms with Crippen molar-refractivity contribution >= 4 is 140 Å². The zero-order valence-corrected chi connectivity index (χ0v) is 80.8. The van der Waals surface area contributed by atoms with Crippen LogP contribution in [-0.4, -0.2) is 204 Å². The molecule has 0 saturated carbocycles. The van der Waals surface area contributed by atoms with Gasteiger partial charge in [-0.1, -0.05) is 51.1 Å². The lowest BCUT2D eigenvalue weighted by Gasteiger charge is -2.25. The minimum atomic E-state index is -1.49. The first-order valence-corrected chi connectivity index (χ1v) is 45.5. The van der Waals surface area contributed by atoms with Crippen molar-refractivity contribution in [2.75, 3.05) is 135 Å². The number of ketones is 5. The van der Waals surface area contributed by atoms with Crippen LogP contribution in [0.15, 0.2) is 122 Å². The molecule has 36 nitrogen and oxygen atoms in total. The SMILES string of the molecule is CC(C)(C)OC(=O)NC[C@H]1CN(c2cc(F)c(N3C=CC(=O)CC3)c(F)c2F)C(=O)O1.CC(C)(C)OC(=O)NC[C@H]1CO1.CCC(=O)NC[C@H]1CN(c2cc(F)c(N3C=CC(=O)CC3)c(F)c2F)C(=O)O1.CCC(=O)OC(=O)CC.NC[C@H]1CN(c2cc(F)c(N3C=CC(=O)CC3)c(F)c2F)C(=O)O1.Nc1cc(F)c(N2C=CC(=O)CC2)c(F)c1F.O=C1C=CN(c2c(F)cc(NC(=O)OCc3ccccc3)c(F)c2F)CC1. The van der Waals surface area contributed by atoms with Gasteiger partial charge in [0.1, 0.15) is 64.6 Å². The molecule has 8 N–H and O–H groups in total. The number of epoxide rings is 1. The first-order chi connectivity index (χ1) is 69.8. The Kier molecular flexibility index (Phi) is 41.0. The minimum Gasteiger partial charge on any atom is -0.444 e. The first-order valence-electron chi connectivity index (χ1n) is 45.5. The van der Waals surface area contributed by atoms with Crippen LogP contribution >= 0.6 is 0 Å². The lowest BCUT2D eigenvalue weighted by atomic mass is 10.1.